The lowest BCUT2D eigenvalue weighted by molar-refractivity contribution is -0.438. The first-order chi connectivity index (χ1) is 48.5. The number of Topliss-reactive ketones (excluding diaryl/α,β-unsaturated/α-hetero) is 1. The number of carbonyl (C=O) groups excluding carboxylic acids is 2. The smallest absolute Gasteiger partial charge is 0.294 e. The van der Waals surface area contributed by atoms with Crippen LogP contribution in [0.2, 0.25) is 0 Å². The molecule has 1 aromatic heterocycles. The monoisotopic (exact) mass is 1510 g/mol. The quantitative estimate of drug-likeness (QED) is 0.00917. The van der Waals surface area contributed by atoms with E-state index in [0.717, 1.165) is 28.9 Å². The van der Waals surface area contributed by atoms with Gasteiger partial charge in [-0.15, -0.1) is 0 Å². The summed E-state index contributed by atoms with van der Waals surface area (Å²) in [6.07, 6.45) is 11.2. The van der Waals surface area contributed by atoms with Crippen molar-refractivity contribution in [2.24, 2.45) is 5.41 Å². The van der Waals surface area contributed by atoms with Gasteiger partial charge in [0.15, 0.2) is 11.5 Å². The summed E-state index contributed by atoms with van der Waals surface area (Å²) in [4.78, 5) is 29.1. The van der Waals surface area contributed by atoms with Gasteiger partial charge in [0.2, 0.25) is 5.69 Å². The first kappa shape index (κ1) is 81.8. The number of benzene rings is 4. The lowest BCUT2D eigenvalue weighted by atomic mass is 9.75. The summed E-state index contributed by atoms with van der Waals surface area (Å²) >= 11 is 0. The molecule has 5 aromatic rings. The fraction of sp³-hybridized carbons (Fsp3) is 0.507. The molecule has 26 nitrogen and oxygen atoms in total. The van der Waals surface area contributed by atoms with Crippen LogP contribution in [0.15, 0.2) is 119 Å². The highest BCUT2D eigenvalue weighted by atomic mass is 32.2. The third-order valence-corrected chi connectivity index (χ3v) is 21.7. The summed E-state index contributed by atoms with van der Waals surface area (Å²) in [6.45, 7) is 20.3. The van der Waals surface area contributed by atoms with E-state index < -0.39 is 62.8 Å². The molecule has 0 bridgehead atoms. The molecule has 3 aliphatic rings. The predicted molar refractivity (Wildman–Crippen MR) is 395 cm³/mol. The molecule has 8 rings (SSSR count). The molecular formula is C73H100N7O19S4+. The van der Waals surface area contributed by atoms with Crippen molar-refractivity contribution in [3.8, 4) is 5.69 Å². The number of nitrogens with one attached hydrogen (secondary N) is 2. The Bertz CT molecular complexity index is 4450. The molecule has 0 saturated carbocycles. The van der Waals surface area contributed by atoms with Gasteiger partial charge < -0.3 is 44.1 Å². The fourth-order valence-electron chi connectivity index (χ4n) is 13.1. The maximum absolute atomic E-state index is 13.1. The minimum absolute atomic E-state index is 0.107. The van der Waals surface area contributed by atoms with Gasteiger partial charge in [0.25, 0.3) is 46.4 Å². The number of aromatic nitrogens is 2. The van der Waals surface area contributed by atoms with Gasteiger partial charge >= 0.3 is 0 Å². The normalized spacial score (nSPS) is 16.3. The number of carbonyl (C=O) groups is 2. The molecule has 564 valence electrons. The zero-order chi connectivity index (χ0) is 75.1. The van der Waals surface area contributed by atoms with E-state index in [4.69, 9.17) is 28.8 Å². The number of aryl methyl sites for hydroxylation is 1. The maximum atomic E-state index is 13.1. The van der Waals surface area contributed by atoms with Crippen molar-refractivity contribution in [1.82, 2.24) is 20.0 Å². The van der Waals surface area contributed by atoms with Crippen LogP contribution in [0.25, 0.3) is 11.3 Å². The highest BCUT2D eigenvalue weighted by Gasteiger charge is 2.46. The van der Waals surface area contributed by atoms with Crippen LogP contribution in [-0.2, 0) is 88.0 Å². The number of fused-ring (bicyclic) bond motifs is 3. The fourth-order valence-corrected chi connectivity index (χ4v) is 15.3. The zero-order valence-corrected chi connectivity index (χ0v) is 63.5. The Hall–Kier alpha value is -6.88. The van der Waals surface area contributed by atoms with Crippen LogP contribution in [0.5, 0.6) is 0 Å². The van der Waals surface area contributed by atoms with E-state index in [9.17, 15) is 61.5 Å². The zero-order valence-electron chi connectivity index (χ0n) is 60.3. The number of anilines is 2. The van der Waals surface area contributed by atoms with Crippen molar-refractivity contribution in [2.45, 2.75) is 127 Å². The summed E-state index contributed by atoms with van der Waals surface area (Å²) in [5.41, 5.74) is 8.77. The van der Waals surface area contributed by atoms with Gasteiger partial charge in [-0.2, -0.15) is 43.3 Å². The number of rotatable bonds is 41. The van der Waals surface area contributed by atoms with E-state index in [1.807, 2.05) is 109 Å². The molecule has 0 unspecified atom stereocenters. The minimum atomic E-state index is -4.59. The number of amides is 1. The Morgan fingerprint density at radius 2 is 1.21 bits per heavy atom. The average molecular weight is 1510 g/mol. The SMILES string of the molecule is Cc1nn(-c2ccc(C(=O)N(C)C)c(NCCCOCCOCCOCCOCCOCCCNCc3ccc(C(=C\C=C4\N(CCCCS(=O)(=O)O)c5ccc(S(=O)(=O)O)cc5C4(C)C)/C=C/C4=[N+](CCCCS(=O)(=O)O)c5ccc(S(=O)(=O)O)cc5C4(C)C)cc3)c2)c2c1C(=O)CC(C)(C)C2. The lowest BCUT2D eigenvalue weighted by Gasteiger charge is -2.29. The highest BCUT2D eigenvalue weighted by Crippen LogP contribution is 2.49. The van der Waals surface area contributed by atoms with E-state index >= 15 is 0 Å². The molecule has 6 N–H and O–H groups in total. The molecule has 1 amide bonds. The second-order valence-electron chi connectivity index (χ2n) is 28.0. The van der Waals surface area contributed by atoms with Crippen molar-refractivity contribution >= 4 is 80.5 Å². The third-order valence-electron chi connectivity index (χ3n) is 18.4. The molecule has 0 spiro atoms. The minimum Gasteiger partial charge on any atom is -0.384 e. The summed E-state index contributed by atoms with van der Waals surface area (Å²) < 4.78 is 168. The molecule has 1 aliphatic carbocycles. The van der Waals surface area contributed by atoms with Gasteiger partial charge in [-0.1, -0.05) is 58.0 Å². The van der Waals surface area contributed by atoms with Crippen molar-refractivity contribution in [3.63, 3.8) is 0 Å². The van der Waals surface area contributed by atoms with Crippen LogP contribution in [-0.4, -0.2) is 206 Å². The highest BCUT2D eigenvalue weighted by molar-refractivity contribution is 7.86. The second-order valence-corrected chi connectivity index (χ2v) is 34.0. The molecule has 0 radical (unpaired) electrons. The van der Waals surface area contributed by atoms with Crippen LogP contribution in [0.1, 0.15) is 141 Å². The Balaban J connectivity index is 0.789. The van der Waals surface area contributed by atoms with E-state index in [1.54, 1.807) is 37.2 Å². The van der Waals surface area contributed by atoms with E-state index in [-0.39, 0.29) is 52.8 Å². The van der Waals surface area contributed by atoms with Gasteiger partial charge in [0.1, 0.15) is 6.54 Å². The molecule has 3 heterocycles. The molecule has 0 fully saturated rings. The summed E-state index contributed by atoms with van der Waals surface area (Å²) in [7, 11) is -14.2. The van der Waals surface area contributed by atoms with Gasteiger partial charge in [0.05, 0.1) is 108 Å². The predicted octanol–water partition coefficient (Wildman–Crippen LogP) is 9.63. The van der Waals surface area contributed by atoms with Crippen LogP contribution in [0, 0.1) is 12.3 Å². The molecule has 103 heavy (non-hydrogen) atoms. The van der Waals surface area contributed by atoms with Crippen molar-refractivity contribution in [3.05, 3.63) is 154 Å². The number of ether oxygens (including phenoxy) is 5. The molecule has 0 atom stereocenters. The van der Waals surface area contributed by atoms with Crippen LogP contribution in [0.3, 0.4) is 0 Å². The average Bonchev–Trinajstić information content (AvgIpc) is 1.61. The topological polar surface area (TPSA) is 349 Å². The molecule has 2 aliphatic heterocycles. The van der Waals surface area contributed by atoms with Crippen molar-refractivity contribution < 1.29 is 89.7 Å². The summed E-state index contributed by atoms with van der Waals surface area (Å²) in [6, 6.07) is 22.2. The van der Waals surface area contributed by atoms with Gasteiger partial charge in [-0.05, 0) is 154 Å². The Morgan fingerprint density at radius 3 is 1.80 bits per heavy atom. The van der Waals surface area contributed by atoms with Crippen LogP contribution in [0.4, 0.5) is 17.1 Å². The third kappa shape index (κ3) is 22.6. The maximum Gasteiger partial charge on any atom is 0.294 e. The van der Waals surface area contributed by atoms with Gasteiger partial charge in [0, 0.05) is 100.0 Å². The van der Waals surface area contributed by atoms with E-state index in [2.05, 4.69) is 24.5 Å². The standard InChI is InChI=1S/C73H99N7O19S4/c1-52-69-65(49-71(2,3)50-66(69)81)80(76-52)56-22-25-59(70(82)77(8)9)62(46-56)75-31-15-35-96-37-39-98-41-43-99-42-40-97-38-36-95-34-14-30-74-51-53-16-18-54(19-17-53)55(20-28-67-72(4,5)60-47-57(102(89,90)91)23-26-63(60)78(67)32-10-12-44-100(83,84)85)21-29-68-73(6,7)61-48-58(103(92,93)94)24-27-64(61)79(68)33-11-13-45-101(86,87)88/h16-29,46-48,74H,10-15,30-45,49-51H2,1-9H3,(H4-,75,82,83,84,85,86,87,88,89,90,91,92,93,94)/p+1. The van der Waals surface area contributed by atoms with E-state index in [0.29, 0.717) is 180 Å². The Morgan fingerprint density at radius 1 is 0.650 bits per heavy atom. The largest absolute Gasteiger partial charge is 0.384 e. The summed E-state index contributed by atoms with van der Waals surface area (Å²) in [5, 5.41) is 11.7. The Labute approximate surface area is 606 Å². The van der Waals surface area contributed by atoms with Crippen molar-refractivity contribution in [2.75, 3.05) is 128 Å². The lowest BCUT2D eigenvalue weighted by Crippen LogP contribution is -2.28. The number of hydrogen-bond acceptors (Lipinski definition) is 19. The molecule has 0 saturated heterocycles. The number of allylic oxidation sites excluding steroid dienone is 6. The number of hydrogen-bond donors (Lipinski definition) is 6. The Kier molecular flexibility index (Phi) is 28.2. The first-order valence-corrected chi connectivity index (χ1v) is 40.6. The number of ketones is 1. The van der Waals surface area contributed by atoms with Crippen LogP contribution < -0.4 is 15.5 Å². The number of unbranched alkanes of at least 4 members (excludes halogenated alkanes) is 2. The second kappa shape index (κ2) is 35.5. The molecule has 4 aromatic carbocycles. The molecule has 30 heteroatoms. The van der Waals surface area contributed by atoms with E-state index in [1.165, 1.54) is 24.3 Å². The first-order valence-electron chi connectivity index (χ1n) is 34.5. The van der Waals surface area contributed by atoms with Gasteiger partial charge in [-0.3, -0.25) is 27.8 Å². The van der Waals surface area contributed by atoms with Crippen molar-refractivity contribution in [1.29, 1.82) is 0 Å². The molecular weight excluding hydrogens is 1410 g/mol. The number of nitrogens with zero attached hydrogens (tertiary/aromatic N) is 5. The van der Waals surface area contributed by atoms with Gasteiger partial charge in [-0.25, -0.2) is 4.68 Å². The summed E-state index contributed by atoms with van der Waals surface area (Å²) in [5.74, 6) is -0.931. The van der Waals surface area contributed by atoms with Crippen LogP contribution >= 0.6 is 0 Å².